The Bertz CT molecular complexity index is 280. The largest absolute Gasteiger partial charge is 0.381 e. The zero-order valence-corrected chi connectivity index (χ0v) is 9.83. The molecule has 17 heavy (non-hydrogen) atoms. The molecule has 96 valence electrons. The summed E-state index contributed by atoms with van der Waals surface area (Å²) in [6.45, 7) is 2.92. The number of hydrogen-bond donors (Lipinski definition) is 3. The van der Waals surface area contributed by atoms with Crippen LogP contribution in [0.2, 0.25) is 0 Å². The van der Waals surface area contributed by atoms with Crippen molar-refractivity contribution in [3.05, 3.63) is 0 Å². The normalized spacial score (nSPS) is 28.8. The number of amides is 2. The second-order valence-corrected chi connectivity index (χ2v) is 4.55. The van der Waals surface area contributed by atoms with Gasteiger partial charge in [0.15, 0.2) is 0 Å². The van der Waals surface area contributed by atoms with Gasteiger partial charge >= 0.3 is 0 Å². The van der Waals surface area contributed by atoms with E-state index in [1.165, 1.54) is 0 Å². The summed E-state index contributed by atoms with van der Waals surface area (Å²) in [6.07, 6.45) is 2.05. The van der Waals surface area contributed by atoms with Crippen molar-refractivity contribution in [2.75, 3.05) is 32.8 Å². The molecule has 0 spiro atoms. The van der Waals surface area contributed by atoms with E-state index in [9.17, 15) is 9.59 Å². The number of hydrogen-bond acceptors (Lipinski definition) is 4. The highest BCUT2D eigenvalue weighted by atomic mass is 16.5. The average Bonchev–Trinajstić information content (AvgIpc) is 2.83. The van der Waals surface area contributed by atoms with Gasteiger partial charge in [0.1, 0.15) is 6.04 Å². The number of rotatable bonds is 4. The van der Waals surface area contributed by atoms with E-state index in [1.54, 1.807) is 0 Å². The molecule has 0 aromatic heterocycles. The van der Waals surface area contributed by atoms with Crippen LogP contribution in [0.25, 0.3) is 0 Å². The fraction of sp³-hybridized carbons (Fsp3) is 0.818. The van der Waals surface area contributed by atoms with E-state index in [-0.39, 0.29) is 24.4 Å². The molecule has 2 unspecified atom stereocenters. The average molecular weight is 241 g/mol. The molecule has 0 bridgehead atoms. The molecule has 0 aromatic rings. The first kappa shape index (κ1) is 12.3. The molecule has 2 fully saturated rings. The van der Waals surface area contributed by atoms with Crippen LogP contribution in [0.4, 0.5) is 0 Å². The van der Waals surface area contributed by atoms with E-state index in [4.69, 9.17) is 4.74 Å². The molecule has 2 saturated heterocycles. The molecule has 0 aliphatic carbocycles. The Morgan fingerprint density at radius 3 is 3.06 bits per heavy atom. The topological polar surface area (TPSA) is 79.5 Å². The monoisotopic (exact) mass is 241 g/mol. The van der Waals surface area contributed by atoms with Gasteiger partial charge in [-0.25, -0.2) is 0 Å². The molecule has 2 aliphatic heterocycles. The van der Waals surface area contributed by atoms with E-state index in [0.717, 1.165) is 26.1 Å². The molecule has 2 heterocycles. The van der Waals surface area contributed by atoms with Crippen LogP contribution in [0.15, 0.2) is 0 Å². The van der Waals surface area contributed by atoms with E-state index in [2.05, 4.69) is 16.0 Å². The highest BCUT2D eigenvalue weighted by molar-refractivity contribution is 5.86. The first-order valence-electron chi connectivity index (χ1n) is 6.11. The Kier molecular flexibility index (Phi) is 4.33. The summed E-state index contributed by atoms with van der Waals surface area (Å²) in [6, 6.07) is -0.299. The van der Waals surface area contributed by atoms with Crippen LogP contribution in [0, 0.1) is 5.92 Å². The van der Waals surface area contributed by atoms with Crippen LogP contribution in [-0.4, -0.2) is 50.7 Å². The second kappa shape index (κ2) is 5.97. The molecule has 0 saturated carbocycles. The molecule has 2 amide bonds. The summed E-state index contributed by atoms with van der Waals surface area (Å²) in [5.74, 6) is 0.482. The smallest absolute Gasteiger partial charge is 0.238 e. The third-order valence-corrected chi connectivity index (χ3v) is 3.20. The summed E-state index contributed by atoms with van der Waals surface area (Å²) in [7, 11) is 0. The molecule has 0 aromatic carbocycles. The predicted molar refractivity (Wildman–Crippen MR) is 61.4 cm³/mol. The second-order valence-electron chi connectivity index (χ2n) is 4.55. The fourth-order valence-electron chi connectivity index (χ4n) is 2.09. The third kappa shape index (κ3) is 3.67. The van der Waals surface area contributed by atoms with E-state index >= 15 is 0 Å². The number of ether oxygens (including phenoxy) is 1. The van der Waals surface area contributed by atoms with Crippen molar-refractivity contribution in [1.29, 1.82) is 0 Å². The minimum absolute atomic E-state index is 0.0380. The summed E-state index contributed by atoms with van der Waals surface area (Å²) < 4.78 is 5.27. The Balaban J connectivity index is 1.61. The van der Waals surface area contributed by atoms with Crippen molar-refractivity contribution in [3.8, 4) is 0 Å². The molecule has 0 radical (unpaired) electrons. The summed E-state index contributed by atoms with van der Waals surface area (Å²) in [5.41, 5.74) is 0. The number of nitrogens with one attached hydrogen (secondary N) is 3. The Morgan fingerprint density at radius 1 is 1.53 bits per heavy atom. The Labute approximate surface area is 100 Å². The highest BCUT2D eigenvalue weighted by Gasteiger charge is 2.23. The lowest BCUT2D eigenvalue weighted by molar-refractivity contribution is -0.126. The minimum Gasteiger partial charge on any atom is -0.381 e. The van der Waals surface area contributed by atoms with Crippen molar-refractivity contribution >= 4 is 11.8 Å². The van der Waals surface area contributed by atoms with Gasteiger partial charge in [0.2, 0.25) is 11.8 Å². The van der Waals surface area contributed by atoms with Crippen molar-refractivity contribution < 1.29 is 14.3 Å². The van der Waals surface area contributed by atoms with Gasteiger partial charge in [-0.1, -0.05) is 0 Å². The first-order chi connectivity index (χ1) is 8.25. The number of piperazine rings is 1. The molecule has 2 rings (SSSR count). The SMILES string of the molecule is O=C1CNC(C(=O)NCCC2CCOC2)CN1. The van der Waals surface area contributed by atoms with Crippen LogP contribution in [-0.2, 0) is 14.3 Å². The van der Waals surface area contributed by atoms with Crippen molar-refractivity contribution in [2.45, 2.75) is 18.9 Å². The Morgan fingerprint density at radius 2 is 2.41 bits per heavy atom. The highest BCUT2D eigenvalue weighted by Crippen LogP contribution is 2.15. The van der Waals surface area contributed by atoms with E-state index in [1.807, 2.05) is 0 Å². The quantitative estimate of drug-likeness (QED) is 0.566. The van der Waals surface area contributed by atoms with Gasteiger partial charge in [-0.15, -0.1) is 0 Å². The van der Waals surface area contributed by atoms with Gasteiger partial charge in [-0.05, 0) is 18.8 Å². The maximum absolute atomic E-state index is 11.7. The zero-order valence-electron chi connectivity index (χ0n) is 9.83. The van der Waals surface area contributed by atoms with Crippen LogP contribution in [0.1, 0.15) is 12.8 Å². The van der Waals surface area contributed by atoms with Gasteiger partial charge in [-0.2, -0.15) is 0 Å². The van der Waals surface area contributed by atoms with Gasteiger partial charge in [-0.3, -0.25) is 14.9 Å². The first-order valence-corrected chi connectivity index (χ1v) is 6.11. The van der Waals surface area contributed by atoms with Crippen molar-refractivity contribution in [3.63, 3.8) is 0 Å². The summed E-state index contributed by atoms with van der Waals surface area (Å²) in [4.78, 5) is 22.6. The van der Waals surface area contributed by atoms with Gasteiger partial charge < -0.3 is 15.4 Å². The van der Waals surface area contributed by atoms with E-state index in [0.29, 0.717) is 19.0 Å². The lowest BCUT2D eigenvalue weighted by atomic mass is 10.1. The van der Waals surface area contributed by atoms with Crippen molar-refractivity contribution in [1.82, 2.24) is 16.0 Å². The molecular weight excluding hydrogens is 222 g/mol. The lowest BCUT2D eigenvalue weighted by Crippen LogP contribution is -2.58. The molecule has 6 nitrogen and oxygen atoms in total. The van der Waals surface area contributed by atoms with E-state index < -0.39 is 0 Å². The molecule has 2 aliphatic rings. The Hall–Kier alpha value is -1.14. The maximum atomic E-state index is 11.7. The molecule has 6 heteroatoms. The van der Waals surface area contributed by atoms with Crippen LogP contribution < -0.4 is 16.0 Å². The molecule has 3 N–H and O–H groups in total. The van der Waals surface area contributed by atoms with Crippen LogP contribution in [0.5, 0.6) is 0 Å². The minimum atomic E-state index is -0.299. The van der Waals surface area contributed by atoms with Gasteiger partial charge in [0.05, 0.1) is 6.54 Å². The number of carbonyl (C=O) groups excluding carboxylic acids is 2. The number of carbonyl (C=O) groups is 2. The predicted octanol–water partition coefficient (Wildman–Crippen LogP) is -1.38. The third-order valence-electron chi connectivity index (χ3n) is 3.20. The van der Waals surface area contributed by atoms with Crippen LogP contribution in [0.3, 0.4) is 0 Å². The lowest BCUT2D eigenvalue weighted by Gasteiger charge is -2.23. The van der Waals surface area contributed by atoms with Crippen LogP contribution >= 0.6 is 0 Å². The fourth-order valence-corrected chi connectivity index (χ4v) is 2.09. The molecular formula is C11H19N3O3. The maximum Gasteiger partial charge on any atom is 0.238 e. The zero-order chi connectivity index (χ0) is 12.1. The molecule has 2 atom stereocenters. The van der Waals surface area contributed by atoms with Crippen molar-refractivity contribution in [2.24, 2.45) is 5.92 Å². The van der Waals surface area contributed by atoms with Gasteiger partial charge in [0.25, 0.3) is 0 Å². The van der Waals surface area contributed by atoms with Gasteiger partial charge in [0, 0.05) is 26.3 Å². The standard InChI is InChI=1S/C11H19N3O3/c15-10-6-13-9(5-14-10)11(16)12-3-1-8-2-4-17-7-8/h8-9,13H,1-7H2,(H,12,16)(H,14,15). The summed E-state index contributed by atoms with van der Waals surface area (Å²) >= 11 is 0. The summed E-state index contributed by atoms with van der Waals surface area (Å²) in [5, 5.41) is 8.45.